The summed E-state index contributed by atoms with van der Waals surface area (Å²) in [5.41, 5.74) is 0. The van der Waals surface area contributed by atoms with Crippen molar-refractivity contribution in [2.75, 3.05) is 7.11 Å². The van der Waals surface area contributed by atoms with Gasteiger partial charge in [-0.2, -0.15) is 0 Å². The van der Waals surface area contributed by atoms with Gasteiger partial charge in [0.25, 0.3) is 0 Å². The van der Waals surface area contributed by atoms with Crippen LogP contribution in [-0.2, 0) is 23.7 Å². The summed E-state index contributed by atoms with van der Waals surface area (Å²) in [6, 6.07) is 0. The van der Waals surface area contributed by atoms with Crippen LogP contribution in [0, 0.1) is 0 Å². The molecule has 0 aromatic carbocycles. The summed E-state index contributed by atoms with van der Waals surface area (Å²) in [5.74, 6) is -3.19. The molecule has 0 N–H and O–H groups in total. The fourth-order valence-electron chi connectivity index (χ4n) is 1.16. The maximum Gasteiger partial charge on any atom is 0.510 e. The largest absolute Gasteiger partial charge is 0.510 e. The number of ether oxygens (including phenoxy) is 4. The number of hydrogen-bond donors (Lipinski definition) is 0. The molecule has 0 heterocycles. The molecule has 0 atom stereocenters. The molecule has 0 aliphatic carbocycles. The van der Waals surface area contributed by atoms with Gasteiger partial charge in [-0.25, -0.2) is 9.59 Å². The second kappa shape index (κ2) is 5.67. The van der Waals surface area contributed by atoms with E-state index in [-0.39, 0.29) is 0 Å². The summed E-state index contributed by atoms with van der Waals surface area (Å²) < 4.78 is 19.5. The molecule has 17 heavy (non-hydrogen) atoms. The van der Waals surface area contributed by atoms with Crippen molar-refractivity contribution in [2.45, 2.75) is 39.3 Å². The Morgan fingerprint density at radius 1 is 1.06 bits per heavy atom. The molecule has 0 aliphatic heterocycles. The van der Waals surface area contributed by atoms with Crippen LogP contribution >= 0.6 is 0 Å². The third-order valence-electron chi connectivity index (χ3n) is 1.50. The average Bonchev–Trinajstić information content (AvgIpc) is 2.13. The van der Waals surface area contributed by atoms with Crippen molar-refractivity contribution < 1.29 is 28.5 Å². The van der Waals surface area contributed by atoms with Crippen molar-refractivity contribution in [1.82, 2.24) is 0 Å². The summed E-state index contributed by atoms with van der Waals surface area (Å²) in [6.07, 6.45) is 0.125. The van der Waals surface area contributed by atoms with E-state index in [2.05, 4.69) is 11.3 Å². The van der Waals surface area contributed by atoms with Crippen molar-refractivity contribution in [1.29, 1.82) is 0 Å². The Balaban J connectivity index is 4.51. The van der Waals surface area contributed by atoms with Crippen LogP contribution in [0.2, 0.25) is 0 Å². The molecular formula is C11H18O6. The third kappa shape index (κ3) is 6.57. The van der Waals surface area contributed by atoms with Crippen LogP contribution in [0.15, 0.2) is 12.7 Å². The van der Waals surface area contributed by atoms with E-state index in [0.717, 1.165) is 6.08 Å². The molecule has 0 rings (SSSR count). The molecular weight excluding hydrogens is 228 g/mol. The number of hydrogen-bond acceptors (Lipinski definition) is 6. The first-order valence-electron chi connectivity index (χ1n) is 4.94. The van der Waals surface area contributed by atoms with Gasteiger partial charge < -0.3 is 14.2 Å². The number of esters is 1. The zero-order valence-electron chi connectivity index (χ0n) is 10.7. The predicted octanol–water partition coefficient (Wildman–Crippen LogP) is 1.99. The van der Waals surface area contributed by atoms with E-state index in [1.165, 1.54) is 34.8 Å². The topological polar surface area (TPSA) is 71.1 Å². The Kier molecular flexibility index (Phi) is 5.15. The molecule has 6 nitrogen and oxygen atoms in total. The second-order valence-corrected chi connectivity index (χ2v) is 4.08. The van der Waals surface area contributed by atoms with Crippen molar-refractivity contribution in [3.8, 4) is 0 Å². The molecule has 0 fully saturated rings. The van der Waals surface area contributed by atoms with Gasteiger partial charge in [0.05, 0.1) is 7.11 Å². The van der Waals surface area contributed by atoms with Gasteiger partial charge in [0, 0.05) is 33.8 Å². The lowest BCUT2D eigenvalue weighted by atomic mass is 10.3. The SMILES string of the molecule is C=CC(=O)OC(C)(C)OC(C)(C)OC(=O)OC. The smallest absolute Gasteiger partial charge is 0.438 e. The molecule has 0 bridgehead atoms. The van der Waals surface area contributed by atoms with E-state index < -0.39 is 23.7 Å². The Hall–Kier alpha value is -1.56. The van der Waals surface area contributed by atoms with Crippen LogP contribution < -0.4 is 0 Å². The van der Waals surface area contributed by atoms with E-state index in [1.54, 1.807) is 0 Å². The molecule has 0 unspecified atom stereocenters. The van der Waals surface area contributed by atoms with E-state index >= 15 is 0 Å². The van der Waals surface area contributed by atoms with Gasteiger partial charge in [-0.3, -0.25) is 4.74 Å². The minimum Gasteiger partial charge on any atom is -0.438 e. The summed E-state index contributed by atoms with van der Waals surface area (Å²) in [7, 11) is 1.18. The molecule has 0 aliphatic rings. The van der Waals surface area contributed by atoms with Gasteiger partial charge in [-0.05, 0) is 0 Å². The molecule has 98 valence electrons. The lowest BCUT2D eigenvalue weighted by Gasteiger charge is -2.33. The van der Waals surface area contributed by atoms with Crippen LogP contribution in [0.3, 0.4) is 0 Å². The van der Waals surface area contributed by atoms with E-state index in [0.29, 0.717) is 0 Å². The number of carbonyl (C=O) groups is 2. The van der Waals surface area contributed by atoms with Crippen molar-refractivity contribution in [3.05, 3.63) is 12.7 Å². The van der Waals surface area contributed by atoms with Gasteiger partial charge >= 0.3 is 12.1 Å². The highest BCUT2D eigenvalue weighted by molar-refractivity contribution is 5.81. The highest BCUT2D eigenvalue weighted by Gasteiger charge is 2.35. The number of rotatable bonds is 5. The molecule has 0 radical (unpaired) electrons. The molecule has 0 aromatic heterocycles. The Labute approximate surface area is 100 Å². The Morgan fingerprint density at radius 3 is 1.94 bits per heavy atom. The molecule has 6 heteroatoms. The van der Waals surface area contributed by atoms with Crippen LogP contribution in [0.25, 0.3) is 0 Å². The van der Waals surface area contributed by atoms with Gasteiger partial charge in [0.1, 0.15) is 0 Å². The quantitative estimate of drug-likeness (QED) is 0.419. The molecule has 0 saturated carbocycles. The molecule has 0 amide bonds. The number of carbonyl (C=O) groups excluding carboxylic acids is 2. The summed E-state index contributed by atoms with van der Waals surface area (Å²) in [4.78, 5) is 22.0. The van der Waals surface area contributed by atoms with Gasteiger partial charge in [0.15, 0.2) is 0 Å². The van der Waals surface area contributed by atoms with Gasteiger partial charge in [-0.15, -0.1) is 0 Å². The van der Waals surface area contributed by atoms with E-state index in [4.69, 9.17) is 14.2 Å². The Morgan fingerprint density at radius 2 is 1.53 bits per heavy atom. The first-order chi connectivity index (χ1) is 7.62. The third-order valence-corrected chi connectivity index (χ3v) is 1.50. The minimum atomic E-state index is -1.29. The summed E-state index contributed by atoms with van der Waals surface area (Å²) >= 11 is 0. The monoisotopic (exact) mass is 246 g/mol. The van der Waals surface area contributed by atoms with Crippen LogP contribution in [0.1, 0.15) is 27.7 Å². The minimum absolute atomic E-state index is 0.635. The van der Waals surface area contributed by atoms with Crippen molar-refractivity contribution in [3.63, 3.8) is 0 Å². The average molecular weight is 246 g/mol. The second-order valence-electron chi connectivity index (χ2n) is 4.08. The molecule has 0 saturated heterocycles. The summed E-state index contributed by atoms with van der Waals surface area (Å²) in [6.45, 7) is 9.28. The molecule has 0 aromatic rings. The van der Waals surface area contributed by atoms with Crippen LogP contribution in [0.4, 0.5) is 4.79 Å². The lowest BCUT2D eigenvalue weighted by molar-refractivity contribution is -0.308. The highest BCUT2D eigenvalue weighted by Crippen LogP contribution is 2.23. The lowest BCUT2D eigenvalue weighted by Crippen LogP contribution is -2.42. The van der Waals surface area contributed by atoms with Gasteiger partial charge in [0.2, 0.25) is 11.6 Å². The van der Waals surface area contributed by atoms with Gasteiger partial charge in [-0.1, -0.05) is 6.58 Å². The zero-order valence-corrected chi connectivity index (χ0v) is 10.7. The van der Waals surface area contributed by atoms with Crippen molar-refractivity contribution >= 4 is 12.1 Å². The first-order valence-corrected chi connectivity index (χ1v) is 4.94. The summed E-state index contributed by atoms with van der Waals surface area (Å²) in [5, 5.41) is 0. The van der Waals surface area contributed by atoms with Crippen LogP contribution in [0.5, 0.6) is 0 Å². The van der Waals surface area contributed by atoms with E-state index in [1.807, 2.05) is 0 Å². The predicted molar refractivity (Wildman–Crippen MR) is 59.0 cm³/mol. The molecule has 0 spiro atoms. The highest BCUT2D eigenvalue weighted by atomic mass is 16.8. The van der Waals surface area contributed by atoms with Crippen LogP contribution in [-0.4, -0.2) is 30.8 Å². The zero-order chi connectivity index (χ0) is 13.7. The fourth-order valence-corrected chi connectivity index (χ4v) is 1.16. The first kappa shape index (κ1) is 15.4. The fraction of sp³-hybridized carbons (Fsp3) is 0.636. The maximum atomic E-state index is 11.0. The normalized spacial score (nSPS) is 11.6. The van der Waals surface area contributed by atoms with Crippen molar-refractivity contribution in [2.24, 2.45) is 0 Å². The standard InChI is InChI=1S/C11H18O6/c1-7-8(12)15-10(2,3)17-11(4,5)16-9(13)14-6/h7H,1H2,2-6H3. The number of methoxy groups -OCH3 is 1. The Bertz CT molecular complexity index is 305. The van der Waals surface area contributed by atoms with E-state index in [9.17, 15) is 9.59 Å². The maximum absolute atomic E-state index is 11.0.